The second kappa shape index (κ2) is 7.55. The lowest BCUT2D eigenvalue weighted by molar-refractivity contribution is -0.140. The molecule has 0 radical (unpaired) electrons. The smallest absolute Gasteiger partial charge is 0.323 e. The zero-order valence-electron chi connectivity index (χ0n) is 16.0. The molecule has 2 N–H and O–H groups in total. The minimum Gasteiger partial charge on any atom is -0.323 e. The number of aromatic nitrogens is 3. The number of nitrogens with one attached hydrogen (secondary N) is 2. The number of carbonyl (C=O) groups excluding carboxylic acids is 1. The molecule has 1 aliphatic rings. The molecule has 1 aliphatic carbocycles. The average Bonchev–Trinajstić information content (AvgIpc) is 3.27. The molecule has 5 nitrogen and oxygen atoms in total. The molecule has 0 fully saturated rings. The second-order valence-corrected chi connectivity index (χ2v) is 7.34. The number of aromatic amines is 1. The lowest BCUT2D eigenvalue weighted by Crippen LogP contribution is -2.15. The van der Waals surface area contributed by atoms with Gasteiger partial charge in [-0.05, 0) is 54.5 Å². The van der Waals surface area contributed by atoms with E-state index in [1.54, 1.807) is 13.1 Å². The van der Waals surface area contributed by atoms with E-state index in [2.05, 4.69) is 20.5 Å². The number of halogens is 4. The number of nitrogens with zero attached hydrogens (tertiary/aromatic N) is 2. The van der Waals surface area contributed by atoms with Crippen LogP contribution in [0, 0.1) is 12.7 Å². The fourth-order valence-corrected chi connectivity index (χ4v) is 3.88. The van der Waals surface area contributed by atoms with Gasteiger partial charge in [-0.3, -0.25) is 14.9 Å². The topological polar surface area (TPSA) is 70.7 Å². The molecule has 1 amide bonds. The molecule has 1 atom stereocenters. The molecule has 2 heterocycles. The maximum Gasteiger partial charge on any atom is 0.419 e. The molecule has 4 rings (SSSR count). The van der Waals surface area contributed by atoms with Crippen LogP contribution in [-0.2, 0) is 17.4 Å². The first-order chi connectivity index (χ1) is 14.2. The maximum absolute atomic E-state index is 14.0. The summed E-state index contributed by atoms with van der Waals surface area (Å²) in [5.41, 5.74) is 2.76. The summed E-state index contributed by atoms with van der Waals surface area (Å²) < 4.78 is 52.6. The van der Waals surface area contributed by atoms with E-state index in [0.29, 0.717) is 29.7 Å². The van der Waals surface area contributed by atoms with Crippen molar-refractivity contribution in [2.45, 2.75) is 38.3 Å². The van der Waals surface area contributed by atoms with Gasteiger partial charge in [-0.2, -0.15) is 18.3 Å². The number of hydrogen-bond donors (Lipinski definition) is 2. The van der Waals surface area contributed by atoms with Crippen molar-refractivity contribution in [1.82, 2.24) is 15.2 Å². The summed E-state index contributed by atoms with van der Waals surface area (Å²) in [6.07, 6.45) is 1.57. The Morgan fingerprint density at radius 3 is 2.73 bits per heavy atom. The molecule has 1 unspecified atom stereocenters. The van der Waals surface area contributed by atoms with Gasteiger partial charge in [0.15, 0.2) is 0 Å². The van der Waals surface area contributed by atoms with Crippen molar-refractivity contribution in [1.29, 1.82) is 0 Å². The van der Waals surface area contributed by atoms with Crippen molar-refractivity contribution in [2.75, 3.05) is 5.32 Å². The number of alkyl halides is 3. The minimum atomic E-state index is -4.74. The van der Waals surface area contributed by atoms with Crippen molar-refractivity contribution in [3.05, 3.63) is 65.0 Å². The first-order valence-corrected chi connectivity index (χ1v) is 9.37. The van der Waals surface area contributed by atoms with Crippen LogP contribution in [0.15, 0.2) is 36.8 Å². The molecule has 3 aromatic rings. The molecule has 9 heteroatoms. The first kappa shape index (κ1) is 20.1. The molecule has 30 heavy (non-hydrogen) atoms. The SMILES string of the molecule is Cc1[nH]ncc1NC(=O)CC1CCc2c(-c3ccc(C(F)(F)F)c(F)c3)cncc21. The van der Waals surface area contributed by atoms with Gasteiger partial charge in [0.2, 0.25) is 5.91 Å². The summed E-state index contributed by atoms with van der Waals surface area (Å²) in [6, 6.07) is 2.89. The van der Waals surface area contributed by atoms with Crippen LogP contribution in [0.4, 0.5) is 23.2 Å². The highest BCUT2D eigenvalue weighted by atomic mass is 19.4. The molecule has 0 bridgehead atoms. The van der Waals surface area contributed by atoms with Crippen LogP contribution < -0.4 is 5.32 Å². The predicted molar refractivity (Wildman–Crippen MR) is 102 cm³/mol. The summed E-state index contributed by atoms with van der Waals surface area (Å²) in [7, 11) is 0. The summed E-state index contributed by atoms with van der Waals surface area (Å²) in [4.78, 5) is 16.6. The van der Waals surface area contributed by atoms with Gasteiger partial charge in [0.05, 0.1) is 23.1 Å². The van der Waals surface area contributed by atoms with E-state index >= 15 is 0 Å². The number of rotatable bonds is 4. The number of aryl methyl sites for hydroxylation is 1. The fraction of sp³-hybridized carbons (Fsp3) is 0.286. The zero-order valence-corrected chi connectivity index (χ0v) is 16.0. The number of carbonyl (C=O) groups is 1. The lowest BCUT2D eigenvalue weighted by Gasteiger charge is -2.14. The van der Waals surface area contributed by atoms with Crippen LogP contribution >= 0.6 is 0 Å². The van der Waals surface area contributed by atoms with Crippen LogP contribution in [0.2, 0.25) is 0 Å². The summed E-state index contributed by atoms with van der Waals surface area (Å²) in [5.74, 6) is -1.55. The third-order valence-corrected chi connectivity index (χ3v) is 5.39. The zero-order chi connectivity index (χ0) is 21.5. The van der Waals surface area contributed by atoms with E-state index in [1.165, 1.54) is 18.5 Å². The van der Waals surface area contributed by atoms with Gasteiger partial charge < -0.3 is 5.32 Å². The van der Waals surface area contributed by atoms with Gasteiger partial charge in [-0.1, -0.05) is 6.07 Å². The normalized spacial score (nSPS) is 15.8. The molecule has 0 spiro atoms. The van der Waals surface area contributed by atoms with Crippen LogP contribution in [0.3, 0.4) is 0 Å². The number of pyridine rings is 1. The van der Waals surface area contributed by atoms with Crippen LogP contribution in [-0.4, -0.2) is 21.1 Å². The van der Waals surface area contributed by atoms with Crippen molar-refractivity contribution >= 4 is 11.6 Å². The third kappa shape index (κ3) is 3.79. The van der Waals surface area contributed by atoms with E-state index in [-0.39, 0.29) is 18.2 Å². The van der Waals surface area contributed by atoms with Gasteiger partial charge >= 0.3 is 6.18 Å². The Hall–Kier alpha value is -3.23. The lowest BCUT2D eigenvalue weighted by atomic mass is 9.95. The highest BCUT2D eigenvalue weighted by molar-refractivity contribution is 5.91. The average molecular weight is 418 g/mol. The summed E-state index contributed by atoms with van der Waals surface area (Å²) >= 11 is 0. The molecular formula is C21H18F4N4O. The Bertz CT molecular complexity index is 1110. The van der Waals surface area contributed by atoms with E-state index in [1.807, 2.05) is 0 Å². The van der Waals surface area contributed by atoms with E-state index in [4.69, 9.17) is 0 Å². The first-order valence-electron chi connectivity index (χ1n) is 9.37. The Balaban J connectivity index is 1.57. The van der Waals surface area contributed by atoms with Crippen LogP contribution in [0.25, 0.3) is 11.1 Å². The Kier molecular flexibility index (Phi) is 5.05. The van der Waals surface area contributed by atoms with Crippen LogP contribution in [0.1, 0.15) is 41.1 Å². The van der Waals surface area contributed by atoms with Gasteiger partial charge in [0, 0.05) is 24.4 Å². The fourth-order valence-electron chi connectivity index (χ4n) is 3.88. The molecule has 156 valence electrons. The summed E-state index contributed by atoms with van der Waals surface area (Å²) in [6.45, 7) is 1.80. The third-order valence-electron chi connectivity index (χ3n) is 5.39. The number of hydrogen-bond acceptors (Lipinski definition) is 3. The van der Waals surface area contributed by atoms with Gasteiger partial charge in [0.1, 0.15) is 5.82 Å². The second-order valence-electron chi connectivity index (χ2n) is 7.34. The van der Waals surface area contributed by atoms with Crippen molar-refractivity contribution in [3.8, 4) is 11.1 Å². The van der Waals surface area contributed by atoms with E-state index in [9.17, 15) is 22.4 Å². The van der Waals surface area contributed by atoms with E-state index < -0.39 is 17.6 Å². The van der Waals surface area contributed by atoms with Crippen molar-refractivity contribution in [2.24, 2.45) is 0 Å². The van der Waals surface area contributed by atoms with Gasteiger partial charge in [0.25, 0.3) is 0 Å². The monoisotopic (exact) mass is 418 g/mol. The number of benzene rings is 1. The quantitative estimate of drug-likeness (QED) is 0.586. The van der Waals surface area contributed by atoms with E-state index in [0.717, 1.165) is 29.0 Å². The predicted octanol–water partition coefficient (Wildman–Crippen LogP) is 5.00. The Labute approximate surface area is 169 Å². The molecule has 0 saturated heterocycles. The minimum absolute atomic E-state index is 0.0704. The number of H-pyrrole nitrogens is 1. The molecular weight excluding hydrogens is 400 g/mol. The van der Waals surface area contributed by atoms with Gasteiger partial charge in [-0.25, -0.2) is 4.39 Å². The standard InChI is InChI=1S/C21H18F4N4O/c1-11-19(10-27-29-11)28-20(30)7-13-2-4-14-15(8-26-9-16(13)14)12-3-5-17(18(22)6-12)21(23,24)25/h3,5-6,8-10,13H,2,4,7H2,1H3,(H,27,29)(H,28,30). The Morgan fingerprint density at radius 1 is 1.27 bits per heavy atom. The van der Waals surface area contributed by atoms with Crippen molar-refractivity contribution in [3.63, 3.8) is 0 Å². The number of amides is 1. The Morgan fingerprint density at radius 2 is 2.07 bits per heavy atom. The van der Waals surface area contributed by atoms with Gasteiger partial charge in [-0.15, -0.1) is 0 Å². The molecule has 1 aromatic carbocycles. The van der Waals surface area contributed by atoms with Crippen LogP contribution in [0.5, 0.6) is 0 Å². The summed E-state index contributed by atoms with van der Waals surface area (Å²) in [5, 5.41) is 9.43. The molecule has 0 saturated carbocycles. The molecule has 0 aliphatic heterocycles. The number of anilines is 1. The molecule has 2 aromatic heterocycles. The van der Waals surface area contributed by atoms with Crippen molar-refractivity contribution < 1.29 is 22.4 Å². The number of fused-ring (bicyclic) bond motifs is 1. The maximum atomic E-state index is 14.0. The highest BCUT2D eigenvalue weighted by Gasteiger charge is 2.34. The highest BCUT2D eigenvalue weighted by Crippen LogP contribution is 2.41. The largest absolute Gasteiger partial charge is 0.419 e.